The first kappa shape index (κ1) is 12.0. The number of thiazole rings is 1. The van der Waals surface area contributed by atoms with E-state index >= 15 is 0 Å². The number of hydrogen-bond donors (Lipinski definition) is 1. The van der Waals surface area contributed by atoms with Crippen LogP contribution in [0.15, 0.2) is 23.7 Å². The average molecular weight is 247 g/mol. The predicted octanol–water partition coefficient (Wildman–Crippen LogP) is 3.58. The van der Waals surface area contributed by atoms with Crippen molar-refractivity contribution in [1.82, 2.24) is 9.97 Å². The van der Waals surface area contributed by atoms with E-state index in [0.717, 1.165) is 28.6 Å². The number of nitrogens with one attached hydrogen (secondary N) is 1. The molecule has 3 nitrogen and oxygen atoms in total. The maximum Gasteiger partial charge on any atom is 0.183 e. The molecule has 0 spiro atoms. The van der Waals surface area contributed by atoms with E-state index in [2.05, 4.69) is 40.6 Å². The summed E-state index contributed by atoms with van der Waals surface area (Å²) in [4.78, 5) is 8.86. The van der Waals surface area contributed by atoms with Gasteiger partial charge in [-0.2, -0.15) is 0 Å². The van der Waals surface area contributed by atoms with E-state index in [-0.39, 0.29) is 0 Å². The summed E-state index contributed by atoms with van der Waals surface area (Å²) in [7, 11) is 0. The molecule has 2 heterocycles. The molecule has 1 N–H and O–H groups in total. The van der Waals surface area contributed by atoms with Crippen LogP contribution in [0, 0.1) is 12.8 Å². The van der Waals surface area contributed by atoms with Gasteiger partial charge in [-0.3, -0.25) is 4.98 Å². The molecular formula is C13H17N3S. The molecule has 0 aliphatic heterocycles. The number of rotatable bonds is 4. The third-order valence-corrected chi connectivity index (χ3v) is 3.25. The number of nitrogens with zero attached hydrogens (tertiary/aromatic N) is 2. The van der Waals surface area contributed by atoms with Crippen molar-refractivity contribution in [2.45, 2.75) is 20.8 Å². The molecule has 0 bridgehead atoms. The summed E-state index contributed by atoms with van der Waals surface area (Å²) < 4.78 is 0. The molecule has 0 fully saturated rings. The van der Waals surface area contributed by atoms with Crippen molar-refractivity contribution in [2.24, 2.45) is 5.92 Å². The van der Waals surface area contributed by atoms with E-state index in [1.807, 2.05) is 19.2 Å². The minimum absolute atomic E-state index is 0.627. The molecule has 17 heavy (non-hydrogen) atoms. The number of anilines is 1. The maximum atomic E-state index is 4.58. The van der Waals surface area contributed by atoms with Gasteiger partial charge < -0.3 is 5.32 Å². The molecule has 0 amide bonds. The van der Waals surface area contributed by atoms with Gasteiger partial charge in [-0.05, 0) is 25.0 Å². The van der Waals surface area contributed by atoms with Crippen LogP contribution >= 0.6 is 11.3 Å². The third kappa shape index (κ3) is 3.03. The Morgan fingerprint density at radius 1 is 1.41 bits per heavy atom. The van der Waals surface area contributed by atoms with Crippen molar-refractivity contribution < 1.29 is 0 Å². The van der Waals surface area contributed by atoms with Crippen molar-refractivity contribution in [1.29, 1.82) is 0 Å². The third-order valence-electron chi connectivity index (χ3n) is 2.45. The molecule has 0 aromatic carbocycles. The normalized spacial score (nSPS) is 10.8. The second-order valence-electron chi connectivity index (χ2n) is 4.45. The Kier molecular flexibility index (Phi) is 3.74. The fraction of sp³-hybridized carbons (Fsp3) is 0.385. The highest BCUT2D eigenvalue weighted by molar-refractivity contribution is 7.14. The van der Waals surface area contributed by atoms with Crippen molar-refractivity contribution in [3.63, 3.8) is 0 Å². The quantitative estimate of drug-likeness (QED) is 0.897. The summed E-state index contributed by atoms with van der Waals surface area (Å²) in [5, 5.41) is 6.40. The van der Waals surface area contributed by atoms with Crippen molar-refractivity contribution in [3.05, 3.63) is 29.4 Å². The van der Waals surface area contributed by atoms with Gasteiger partial charge in [0.25, 0.3) is 0 Å². The first-order valence-electron chi connectivity index (χ1n) is 5.78. The second-order valence-corrected chi connectivity index (χ2v) is 5.31. The van der Waals surface area contributed by atoms with Crippen LogP contribution in [-0.4, -0.2) is 16.5 Å². The Balaban J connectivity index is 2.16. The summed E-state index contributed by atoms with van der Waals surface area (Å²) in [6, 6.07) is 4.01. The Morgan fingerprint density at radius 3 is 2.94 bits per heavy atom. The van der Waals surface area contributed by atoms with Crippen molar-refractivity contribution in [3.8, 4) is 11.3 Å². The van der Waals surface area contributed by atoms with Crippen molar-refractivity contribution >= 4 is 16.5 Å². The average Bonchev–Trinajstić information content (AvgIpc) is 2.75. The molecule has 0 aliphatic rings. The molecule has 90 valence electrons. The largest absolute Gasteiger partial charge is 0.361 e. The Morgan fingerprint density at radius 2 is 2.24 bits per heavy atom. The standard InChI is InChI=1S/C13H17N3S/c1-9(2)7-15-13-16-12(8-17-13)11-5-4-6-14-10(11)3/h4-6,8-9H,7H2,1-3H3,(H,15,16). The summed E-state index contributed by atoms with van der Waals surface area (Å²) in [5.41, 5.74) is 3.14. The zero-order valence-electron chi connectivity index (χ0n) is 10.4. The van der Waals surface area contributed by atoms with Gasteiger partial charge in [0.1, 0.15) is 0 Å². The molecule has 0 saturated heterocycles. The molecule has 2 aromatic rings. The molecule has 0 aliphatic carbocycles. The molecule has 2 rings (SSSR count). The lowest BCUT2D eigenvalue weighted by Gasteiger charge is -2.04. The SMILES string of the molecule is Cc1ncccc1-c1csc(NCC(C)C)n1. The first-order chi connectivity index (χ1) is 8.16. The highest BCUT2D eigenvalue weighted by Gasteiger charge is 2.07. The van der Waals surface area contributed by atoms with Crippen LogP contribution in [0.5, 0.6) is 0 Å². The van der Waals surface area contributed by atoms with Gasteiger partial charge in [-0.1, -0.05) is 13.8 Å². The summed E-state index contributed by atoms with van der Waals surface area (Å²) in [5.74, 6) is 0.627. The van der Waals surface area contributed by atoms with Crippen LogP contribution in [0.25, 0.3) is 11.3 Å². The Bertz CT molecular complexity index is 491. The number of aryl methyl sites for hydroxylation is 1. The van der Waals surface area contributed by atoms with E-state index in [4.69, 9.17) is 0 Å². The lowest BCUT2D eigenvalue weighted by atomic mass is 10.1. The molecule has 0 unspecified atom stereocenters. The lowest BCUT2D eigenvalue weighted by Crippen LogP contribution is -2.07. The van der Waals surface area contributed by atoms with Gasteiger partial charge in [0.2, 0.25) is 0 Å². The van der Waals surface area contributed by atoms with Gasteiger partial charge in [-0.25, -0.2) is 4.98 Å². The molecule has 4 heteroatoms. The fourth-order valence-electron chi connectivity index (χ4n) is 1.53. The van der Waals surface area contributed by atoms with E-state index in [1.165, 1.54) is 0 Å². The summed E-state index contributed by atoms with van der Waals surface area (Å²) in [6.07, 6.45) is 1.81. The van der Waals surface area contributed by atoms with Crippen LogP contribution in [-0.2, 0) is 0 Å². The first-order valence-corrected chi connectivity index (χ1v) is 6.66. The molecular weight excluding hydrogens is 230 g/mol. The fourth-order valence-corrected chi connectivity index (χ4v) is 2.25. The van der Waals surface area contributed by atoms with Crippen LogP contribution < -0.4 is 5.32 Å². The van der Waals surface area contributed by atoms with Gasteiger partial charge in [0.15, 0.2) is 5.13 Å². The van der Waals surface area contributed by atoms with Gasteiger partial charge in [-0.15, -0.1) is 11.3 Å². The molecule has 0 radical (unpaired) electrons. The second kappa shape index (κ2) is 5.27. The predicted molar refractivity (Wildman–Crippen MR) is 73.4 cm³/mol. The highest BCUT2D eigenvalue weighted by atomic mass is 32.1. The van der Waals surface area contributed by atoms with E-state index in [1.54, 1.807) is 11.3 Å². The van der Waals surface area contributed by atoms with Crippen molar-refractivity contribution in [2.75, 3.05) is 11.9 Å². The number of pyridine rings is 1. The zero-order valence-corrected chi connectivity index (χ0v) is 11.2. The summed E-state index contributed by atoms with van der Waals surface area (Å²) in [6.45, 7) is 7.34. The van der Waals surface area contributed by atoms with E-state index in [0.29, 0.717) is 5.92 Å². The molecule has 2 aromatic heterocycles. The van der Waals surface area contributed by atoms with Crippen LogP contribution in [0.2, 0.25) is 0 Å². The number of hydrogen-bond acceptors (Lipinski definition) is 4. The smallest absolute Gasteiger partial charge is 0.183 e. The Labute approximate surface area is 106 Å². The van der Waals surface area contributed by atoms with Gasteiger partial charge in [0.05, 0.1) is 5.69 Å². The lowest BCUT2D eigenvalue weighted by molar-refractivity contribution is 0.688. The zero-order chi connectivity index (χ0) is 12.3. The van der Waals surface area contributed by atoms with Gasteiger partial charge >= 0.3 is 0 Å². The highest BCUT2D eigenvalue weighted by Crippen LogP contribution is 2.26. The summed E-state index contributed by atoms with van der Waals surface area (Å²) >= 11 is 1.65. The minimum atomic E-state index is 0.627. The molecule has 0 atom stereocenters. The topological polar surface area (TPSA) is 37.8 Å². The van der Waals surface area contributed by atoms with Crippen LogP contribution in [0.3, 0.4) is 0 Å². The van der Waals surface area contributed by atoms with Crippen LogP contribution in [0.4, 0.5) is 5.13 Å². The van der Waals surface area contributed by atoms with E-state index < -0.39 is 0 Å². The number of aromatic nitrogens is 2. The van der Waals surface area contributed by atoms with Crippen LogP contribution in [0.1, 0.15) is 19.5 Å². The van der Waals surface area contributed by atoms with Gasteiger partial charge in [0, 0.05) is 29.4 Å². The maximum absolute atomic E-state index is 4.58. The Hall–Kier alpha value is -1.42. The van der Waals surface area contributed by atoms with E-state index in [9.17, 15) is 0 Å². The minimum Gasteiger partial charge on any atom is -0.361 e. The molecule has 0 saturated carbocycles. The monoisotopic (exact) mass is 247 g/mol.